The highest BCUT2D eigenvalue weighted by atomic mass is 32.1. The van der Waals surface area contributed by atoms with E-state index in [0.29, 0.717) is 6.04 Å². The zero-order valence-electron chi connectivity index (χ0n) is 9.50. The molecular formula is C13H13N3S. The third kappa shape index (κ3) is 1.91. The van der Waals surface area contributed by atoms with E-state index in [1.807, 2.05) is 24.5 Å². The molecule has 1 unspecified atom stereocenters. The van der Waals surface area contributed by atoms with Crippen LogP contribution in [-0.4, -0.2) is 9.38 Å². The number of anilines is 1. The maximum atomic E-state index is 4.27. The standard InChI is InChI=1S/C13H13N3S/c1-10(11-4-3-9-17-11)15-13-6-2-5-12-14-7-8-16(12)13/h2-10,15H,1H3. The lowest BCUT2D eigenvalue weighted by atomic mass is 10.2. The quantitative estimate of drug-likeness (QED) is 0.762. The Hall–Kier alpha value is -1.81. The molecule has 0 amide bonds. The van der Waals surface area contributed by atoms with Crippen molar-refractivity contribution < 1.29 is 0 Å². The smallest absolute Gasteiger partial charge is 0.138 e. The average Bonchev–Trinajstić information content (AvgIpc) is 3.00. The van der Waals surface area contributed by atoms with Crippen molar-refractivity contribution >= 4 is 22.8 Å². The fourth-order valence-corrected chi connectivity index (χ4v) is 2.63. The number of hydrogen-bond acceptors (Lipinski definition) is 3. The summed E-state index contributed by atoms with van der Waals surface area (Å²) in [4.78, 5) is 5.61. The number of nitrogens with one attached hydrogen (secondary N) is 1. The predicted molar refractivity (Wildman–Crippen MR) is 71.5 cm³/mol. The van der Waals surface area contributed by atoms with Crippen LogP contribution in [0.15, 0.2) is 48.1 Å². The van der Waals surface area contributed by atoms with Crippen molar-refractivity contribution in [1.82, 2.24) is 9.38 Å². The molecule has 3 nitrogen and oxygen atoms in total. The Bertz CT molecular complexity index is 612. The van der Waals surface area contributed by atoms with Gasteiger partial charge in [0.1, 0.15) is 11.5 Å². The molecule has 1 atom stereocenters. The highest BCUT2D eigenvalue weighted by Crippen LogP contribution is 2.23. The van der Waals surface area contributed by atoms with Crippen molar-refractivity contribution in [2.75, 3.05) is 5.32 Å². The predicted octanol–water partition coefficient (Wildman–Crippen LogP) is 3.57. The number of rotatable bonds is 3. The minimum Gasteiger partial charge on any atom is -0.364 e. The molecular weight excluding hydrogens is 230 g/mol. The molecule has 0 saturated heterocycles. The molecule has 0 aromatic carbocycles. The van der Waals surface area contributed by atoms with Gasteiger partial charge in [-0.3, -0.25) is 4.40 Å². The first kappa shape index (κ1) is 10.4. The average molecular weight is 243 g/mol. The molecule has 3 heterocycles. The van der Waals surface area contributed by atoms with Gasteiger partial charge < -0.3 is 5.32 Å². The number of fused-ring (bicyclic) bond motifs is 1. The molecule has 0 radical (unpaired) electrons. The monoisotopic (exact) mass is 243 g/mol. The number of aromatic nitrogens is 2. The van der Waals surface area contributed by atoms with E-state index in [4.69, 9.17) is 0 Å². The van der Waals surface area contributed by atoms with Gasteiger partial charge in [-0.2, -0.15) is 0 Å². The Kier molecular flexibility index (Phi) is 2.57. The second kappa shape index (κ2) is 4.22. The minimum absolute atomic E-state index is 0.308. The molecule has 1 N–H and O–H groups in total. The summed E-state index contributed by atoms with van der Waals surface area (Å²) in [6.07, 6.45) is 3.79. The molecule has 86 valence electrons. The van der Waals surface area contributed by atoms with Crippen molar-refractivity contribution in [3.05, 3.63) is 53.0 Å². The van der Waals surface area contributed by atoms with Crippen LogP contribution in [0.4, 0.5) is 5.82 Å². The third-order valence-electron chi connectivity index (χ3n) is 2.76. The summed E-state index contributed by atoms with van der Waals surface area (Å²) in [5, 5.41) is 5.61. The van der Waals surface area contributed by atoms with Gasteiger partial charge in [-0.1, -0.05) is 12.1 Å². The zero-order chi connectivity index (χ0) is 11.7. The van der Waals surface area contributed by atoms with Crippen LogP contribution in [0.2, 0.25) is 0 Å². The molecule has 3 aromatic heterocycles. The number of nitrogens with zero attached hydrogens (tertiary/aromatic N) is 2. The molecule has 0 spiro atoms. The lowest BCUT2D eigenvalue weighted by molar-refractivity contribution is 0.889. The molecule has 4 heteroatoms. The Labute approximate surface area is 104 Å². The molecule has 0 bridgehead atoms. The van der Waals surface area contributed by atoms with Crippen LogP contribution in [0.1, 0.15) is 17.8 Å². The van der Waals surface area contributed by atoms with Crippen LogP contribution in [0.3, 0.4) is 0 Å². The molecule has 0 aliphatic rings. The van der Waals surface area contributed by atoms with Crippen molar-refractivity contribution in [2.45, 2.75) is 13.0 Å². The van der Waals surface area contributed by atoms with Gasteiger partial charge in [0.15, 0.2) is 0 Å². The van der Waals surface area contributed by atoms with Gasteiger partial charge in [-0.25, -0.2) is 4.98 Å². The molecule has 0 saturated carbocycles. The van der Waals surface area contributed by atoms with Crippen LogP contribution < -0.4 is 5.32 Å². The Morgan fingerprint density at radius 3 is 3.06 bits per heavy atom. The van der Waals surface area contributed by atoms with Crippen LogP contribution in [0.5, 0.6) is 0 Å². The van der Waals surface area contributed by atoms with Gasteiger partial charge in [0.25, 0.3) is 0 Å². The second-order valence-corrected chi connectivity index (χ2v) is 4.93. The Morgan fingerprint density at radius 1 is 1.29 bits per heavy atom. The van der Waals surface area contributed by atoms with Crippen molar-refractivity contribution in [2.24, 2.45) is 0 Å². The molecule has 0 aliphatic carbocycles. The third-order valence-corrected chi connectivity index (χ3v) is 3.82. The fourth-order valence-electron chi connectivity index (χ4n) is 1.90. The topological polar surface area (TPSA) is 29.3 Å². The first-order chi connectivity index (χ1) is 8.34. The number of pyridine rings is 1. The summed E-state index contributed by atoms with van der Waals surface area (Å²) >= 11 is 1.77. The van der Waals surface area contributed by atoms with Gasteiger partial charge in [0.2, 0.25) is 0 Å². The SMILES string of the molecule is CC(Nc1cccc2nccn12)c1cccs1. The summed E-state index contributed by atoms with van der Waals surface area (Å²) in [7, 11) is 0. The number of imidazole rings is 1. The van der Waals surface area contributed by atoms with Gasteiger partial charge in [0.05, 0.1) is 6.04 Å². The first-order valence-electron chi connectivity index (χ1n) is 5.56. The second-order valence-electron chi connectivity index (χ2n) is 3.95. The van der Waals surface area contributed by atoms with Crippen LogP contribution >= 0.6 is 11.3 Å². The van der Waals surface area contributed by atoms with E-state index in [-0.39, 0.29) is 0 Å². The largest absolute Gasteiger partial charge is 0.364 e. The molecule has 3 aromatic rings. The Balaban J connectivity index is 1.92. The van der Waals surface area contributed by atoms with E-state index in [2.05, 4.69) is 45.2 Å². The van der Waals surface area contributed by atoms with Crippen LogP contribution in [0.25, 0.3) is 5.65 Å². The van der Waals surface area contributed by atoms with Crippen molar-refractivity contribution in [1.29, 1.82) is 0 Å². The molecule has 17 heavy (non-hydrogen) atoms. The summed E-state index contributed by atoms with van der Waals surface area (Å²) in [5.74, 6) is 1.07. The summed E-state index contributed by atoms with van der Waals surface area (Å²) < 4.78 is 2.06. The Morgan fingerprint density at radius 2 is 2.24 bits per heavy atom. The lowest BCUT2D eigenvalue weighted by Crippen LogP contribution is -2.07. The fraction of sp³-hybridized carbons (Fsp3) is 0.154. The lowest BCUT2D eigenvalue weighted by Gasteiger charge is -2.14. The zero-order valence-corrected chi connectivity index (χ0v) is 10.3. The van der Waals surface area contributed by atoms with E-state index in [9.17, 15) is 0 Å². The summed E-state index contributed by atoms with van der Waals surface area (Å²) in [6, 6.07) is 10.6. The van der Waals surface area contributed by atoms with Gasteiger partial charge in [0, 0.05) is 17.3 Å². The van der Waals surface area contributed by atoms with Gasteiger partial charge >= 0.3 is 0 Å². The maximum Gasteiger partial charge on any atom is 0.138 e. The molecule has 0 fully saturated rings. The normalized spacial score (nSPS) is 12.8. The molecule has 0 aliphatic heterocycles. The highest BCUT2D eigenvalue weighted by molar-refractivity contribution is 7.10. The van der Waals surface area contributed by atoms with Crippen LogP contribution in [0, 0.1) is 0 Å². The van der Waals surface area contributed by atoms with E-state index >= 15 is 0 Å². The molecule has 3 rings (SSSR count). The maximum absolute atomic E-state index is 4.27. The van der Waals surface area contributed by atoms with E-state index in [0.717, 1.165) is 11.5 Å². The van der Waals surface area contributed by atoms with E-state index < -0.39 is 0 Å². The van der Waals surface area contributed by atoms with Crippen molar-refractivity contribution in [3.8, 4) is 0 Å². The number of hydrogen-bond donors (Lipinski definition) is 1. The van der Waals surface area contributed by atoms with Crippen LogP contribution in [-0.2, 0) is 0 Å². The van der Waals surface area contributed by atoms with E-state index in [1.54, 1.807) is 11.3 Å². The minimum atomic E-state index is 0.308. The number of thiophene rings is 1. The first-order valence-corrected chi connectivity index (χ1v) is 6.44. The van der Waals surface area contributed by atoms with Gasteiger partial charge in [-0.15, -0.1) is 11.3 Å². The van der Waals surface area contributed by atoms with E-state index in [1.165, 1.54) is 4.88 Å². The van der Waals surface area contributed by atoms with Gasteiger partial charge in [-0.05, 0) is 30.5 Å². The van der Waals surface area contributed by atoms with Crippen molar-refractivity contribution in [3.63, 3.8) is 0 Å². The highest BCUT2D eigenvalue weighted by Gasteiger charge is 2.07. The summed E-state index contributed by atoms with van der Waals surface area (Å²) in [6.45, 7) is 2.17. The summed E-state index contributed by atoms with van der Waals surface area (Å²) in [5.41, 5.74) is 0.966.